The average Bonchev–Trinajstić information content (AvgIpc) is 3.36. The van der Waals surface area contributed by atoms with Gasteiger partial charge in [0.25, 0.3) is 6.71 Å². The molecule has 0 spiro atoms. The predicted octanol–water partition coefficient (Wildman–Crippen LogP) is 12.8. The number of rotatable bonds is 13. The van der Waals surface area contributed by atoms with Crippen molar-refractivity contribution in [3.05, 3.63) is 187 Å². The van der Waals surface area contributed by atoms with Gasteiger partial charge in [0.1, 0.15) is 0 Å². The molecule has 0 aliphatic carbocycles. The van der Waals surface area contributed by atoms with Crippen molar-refractivity contribution < 1.29 is 0 Å². The molecule has 0 atom stereocenters. The summed E-state index contributed by atoms with van der Waals surface area (Å²) in [6.45, 7) is 4.76. The van der Waals surface area contributed by atoms with Crippen LogP contribution in [0, 0.1) is 0 Å². The lowest BCUT2D eigenvalue weighted by Gasteiger charge is -2.45. The number of nitrogens with zero attached hydrogens (tertiary/aromatic N) is 3. The Morgan fingerprint density at radius 1 is 0.348 bits per heavy atom. The van der Waals surface area contributed by atoms with Crippen molar-refractivity contribution in [2.24, 2.45) is 0 Å². The van der Waals surface area contributed by atoms with Crippen LogP contribution in [0.25, 0.3) is 0 Å². The highest BCUT2D eigenvalue weighted by Gasteiger charge is 2.47. The van der Waals surface area contributed by atoms with Crippen LogP contribution in [0.1, 0.15) is 76.3 Å². The zero-order chi connectivity index (χ0) is 44.1. The van der Waals surface area contributed by atoms with Crippen LogP contribution in [0.5, 0.6) is 0 Å². The predicted molar refractivity (Wildman–Crippen MR) is 286 cm³/mol. The number of aryl methyl sites for hydroxylation is 2. The van der Waals surface area contributed by atoms with Crippen LogP contribution in [0.15, 0.2) is 186 Å². The van der Waals surface area contributed by atoms with Gasteiger partial charge >= 0.3 is 0 Å². The highest BCUT2D eigenvalue weighted by atomic mass is 32.2. The zero-order valence-corrected chi connectivity index (χ0v) is 39.0. The SMILES string of the molecule is CCCCCCc1cc2c3c(c1)N(c1ccccc1)c1ccccc1B3c1cc3c(cc1S2)N(c1ccccc1)c1cc(CCCCCC)cc2c1B3c1ccccc1N2c1ccccc1. The molecule has 0 unspecified atom stereocenters. The molecule has 0 N–H and O–H groups in total. The minimum absolute atomic E-state index is 0.0524. The quantitative estimate of drug-likeness (QED) is 0.0843. The normalized spacial score (nSPS) is 13.7. The molecule has 4 heterocycles. The fourth-order valence-electron chi connectivity index (χ4n) is 11.6. The van der Waals surface area contributed by atoms with Crippen LogP contribution >= 0.6 is 11.8 Å². The maximum atomic E-state index is 2.66. The van der Waals surface area contributed by atoms with Gasteiger partial charge in [-0.05, 0) is 143 Å². The molecule has 66 heavy (non-hydrogen) atoms. The summed E-state index contributed by atoms with van der Waals surface area (Å²) in [6, 6.07) is 67.2. The molecular formula is C60H55B2N3S. The third-order valence-electron chi connectivity index (χ3n) is 14.6. The maximum Gasteiger partial charge on any atom is 0.252 e. The van der Waals surface area contributed by atoms with Crippen molar-refractivity contribution in [2.45, 2.75) is 87.8 Å². The van der Waals surface area contributed by atoms with E-state index in [2.05, 4.69) is 204 Å². The second kappa shape index (κ2) is 17.5. The summed E-state index contributed by atoms with van der Waals surface area (Å²) in [6.07, 6.45) is 12.1. The van der Waals surface area contributed by atoms with Gasteiger partial charge in [0.2, 0.25) is 6.71 Å². The summed E-state index contributed by atoms with van der Waals surface area (Å²) in [7, 11) is 0. The van der Waals surface area contributed by atoms with E-state index in [9.17, 15) is 0 Å². The van der Waals surface area contributed by atoms with Crippen molar-refractivity contribution in [3.8, 4) is 0 Å². The van der Waals surface area contributed by atoms with Crippen molar-refractivity contribution in [1.82, 2.24) is 0 Å². The molecule has 0 saturated heterocycles. The monoisotopic (exact) mass is 871 g/mol. The molecule has 0 bridgehead atoms. The zero-order valence-electron chi connectivity index (χ0n) is 38.2. The van der Waals surface area contributed by atoms with Crippen LogP contribution in [0.2, 0.25) is 0 Å². The van der Waals surface area contributed by atoms with E-state index in [1.807, 2.05) is 11.8 Å². The summed E-state index contributed by atoms with van der Waals surface area (Å²) >= 11 is 2.00. The molecule has 3 nitrogen and oxygen atoms in total. The Bertz CT molecular complexity index is 3080. The molecule has 0 saturated carbocycles. The van der Waals surface area contributed by atoms with Crippen molar-refractivity contribution in [2.75, 3.05) is 14.7 Å². The van der Waals surface area contributed by atoms with Crippen molar-refractivity contribution >= 4 is 109 Å². The van der Waals surface area contributed by atoms with Gasteiger partial charge in [-0.1, -0.05) is 167 Å². The molecule has 0 fully saturated rings. The molecule has 322 valence electrons. The van der Waals surface area contributed by atoms with E-state index in [0.29, 0.717) is 0 Å². The highest BCUT2D eigenvalue weighted by molar-refractivity contribution is 8.00. The van der Waals surface area contributed by atoms with Crippen LogP contribution in [-0.4, -0.2) is 13.4 Å². The number of unbranched alkanes of at least 4 members (excludes halogenated alkanes) is 6. The van der Waals surface area contributed by atoms with E-state index in [0.717, 1.165) is 12.8 Å². The molecule has 4 aliphatic rings. The maximum absolute atomic E-state index is 2.66. The van der Waals surface area contributed by atoms with Gasteiger partial charge < -0.3 is 14.7 Å². The lowest BCUT2D eigenvalue weighted by molar-refractivity contribution is 0.666. The topological polar surface area (TPSA) is 9.72 Å². The van der Waals surface area contributed by atoms with E-state index >= 15 is 0 Å². The second-order valence-corrected chi connectivity index (χ2v) is 19.8. The lowest BCUT2D eigenvalue weighted by atomic mass is 9.31. The molecule has 8 aromatic carbocycles. The Balaban J connectivity index is 1.11. The van der Waals surface area contributed by atoms with Crippen LogP contribution in [0.3, 0.4) is 0 Å². The van der Waals surface area contributed by atoms with Gasteiger partial charge in [-0.25, -0.2) is 0 Å². The van der Waals surface area contributed by atoms with E-state index < -0.39 is 0 Å². The van der Waals surface area contributed by atoms with Crippen LogP contribution in [0.4, 0.5) is 51.2 Å². The Kier molecular flexibility index (Phi) is 10.9. The fraction of sp³-hybridized carbons (Fsp3) is 0.200. The van der Waals surface area contributed by atoms with Crippen LogP contribution in [-0.2, 0) is 12.8 Å². The largest absolute Gasteiger partial charge is 0.311 e. The first kappa shape index (κ1) is 41.1. The first-order valence-electron chi connectivity index (χ1n) is 24.6. The van der Waals surface area contributed by atoms with E-state index in [4.69, 9.17) is 0 Å². The Hall–Kier alpha value is -6.36. The van der Waals surface area contributed by atoms with Gasteiger partial charge in [-0.15, -0.1) is 0 Å². The molecule has 8 aromatic rings. The molecule has 4 aliphatic heterocycles. The Morgan fingerprint density at radius 3 is 1.30 bits per heavy atom. The summed E-state index contributed by atoms with van der Waals surface area (Å²) in [5, 5.41) is 0. The van der Waals surface area contributed by atoms with Crippen LogP contribution < -0.4 is 47.5 Å². The van der Waals surface area contributed by atoms with Gasteiger partial charge in [0, 0.05) is 61.0 Å². The number of anilines is 9. The summed E-state index contributed by atoms with van der Waals surface area (Å²) in [5.74, 6) is 0. The summed E-state index contributed by atoms with van der Waals surface area (Å²) in [5.41, 5.74) is 22.6. The third kappa shape index (κ3) is 6.91. The average molecular weight is 872 g/mol. The van der Waals surface area contributed by atoms with E-state index in [1.165, 1.54) is 156 Å². The number of benzene rings is 8. The van der Waals surface area contributed by atoms with Gasteiger partial charge in [-0.2, -0.15) is 0 Å². The van der Waals surface area contributed by atoms with Crippen molar-refractivity contribution in [3.63, 3.8) is 0 Å². The Labute approximate surface area is 396 Å². The minimum atomic E-state index is 0.0524. The van der Waals surface area contributed by atoms with Crippen molar-refractivity contribution in [1.29, 1.82) is 0 Å². The second-order valence-electron chi connectivity index (χ2n) is 18.7. The van der Waals surface area contributed by atoms with E-state index in [1.54, 1.807) is 0 Å². The number of para-hydroxylation sites is 5. The number of hydrogen-bond donors (Lipinski definition) is 0. The molecule has 0 amide bonds. The van der Waals surface area contributed by atoms with E-state index in [-0.39, 0.29) is 13.4 Å². The molecule has 6 heteroatoms. The first-order valence-corrected chi connectivity index (χ1v) is 25.4. The minimum Gasteiger partial charge on any atom is -0.311 e. The van der Waals surface area contributed by atoms with Gasteiger partial charge in [0.05, 0.1) is 0 Å². The third-order valence-corrected chi connectivity index (χ3v) is 15.7. The molecule has 0 aromatic heterocycles. The number of fused-ring (bicyclic) bond motifs is 8. The molecular weight excluding hydrogens is 816 g/mol. The standard InChI is InChI=1S/C60H55B2N3S/c1-3-5-7-12-24-42-36-54-59-55(37-42)65(46-30-18-11-19-31-46)53-41-57-50(40-49(53)61(59)47-32-20-22-34-51(47)63(54)44-26-14-9-15-27-44)62-48-33-21-23-35-52(48)64(45-28-16-10-17-29-45)56-38-43(25-13-8-6-4-2)39-58(66-57)60(56)62/h9-11,14-23,26-41H,3-8,12-13,24-25H2,1-2H3. The lowest BCUT2D eigenvalue weighted by Crippen LogP contribution is -2.64. The summed E-state index contributed by atoms with van der Waals surface area (Å²) in [4.78, 5) is 10.5. The molecule has 0 radical (unpaired) electrons. The fourth-order valence-corrected chi connectivity index (χ4v) is 12.9. The highest BCUT2D eigenvalue weighted by Crippen LogP contribution is 2.47. The van der Waals surface area contributed by atoms with Gasteiger partial charge in [-0.3, -0.25) is 0 Å². The Morgan fingerprint density at radius 2 is 0.788 bits per heavy atom. The van der Waals surface area contributed by atoms with Gasteiger partial charge in [0.15, 0.2) is 0 Å². The summed E-state index contributed by atoms with van der Waals surface area (Å²) < 4.78 is 0. The number of hydrogen-bond acceptors (Lipinski definition) is 4. The first-order chi connectivity index (χ1) is 32.7. The smallest absolute Gasteiger partial charge is 0.252 e. The molecule has 12 rings (SSSR count).